The zero-order valence-electron chi connectivity index (χ0n) is 13.9. The van der Waals surface area contributed by atoms with Crippen LogP contribution in [0.25, 0.3) is 11.0 Å². The van der Waals surface area contributed by atoms with E-state index in [9.17, 15) is 14.4 Å². The molecule has 0 aliphatic carbocycles. The average molecular weight is 352 g/mol. The second-order valence-corrected chi connectivity index (χ2v) is 5.34. The SMILES string of the molecule is CCOc1ccc(C(=O)NNC(=O)c2cc(=O)c3ccccc3o2)cc1. The first-order chi connectivity index (χ1) is 12.6. The maximum atomic E-state index is 12.1. The van der Waals surface area contributed by atoms with Gasteiger partial charge in [0.2, 0.25) is 0 Å². The Labute approximate surface area is 148 Å². The lowest BCUT2D eigenvalue weighted by atomic mass is 10.2. The van der Waals surface area contributed by atoms with E-state index in [1.165, 1.54) is 0 Å². The molecule has 7 nitrogen and oxygen atoms in total. The molecule has 7 heteroatoms. The summed E-state index contributed by atoms with van der Waals surface area (Å²) in [6.07, 6.45) is 0. The first kappa shape index (κ1) is 17.2. The first-order valence-electron chi connectivity index (χ1n) is 7.95. The van der Waals surface area contributed by atoms with Gasteiger partial charge in [0.05, 0.1) is 12.0 Å². The van der Waals surface area contributed by atoms with Gasteiger partial charge in [-0.15, -0.1) is 0 Å². The van der Waals surface area contributed by atoms with Crippen LogP contribution in [0.15, 0.2) is 63.8 Å². The highest BCUT2D eigenvalue weighted by Crippen LogP contribution is 2.12. The summed E-state index contributed by atoms with van der Waals surface area (Å²) in [6, 6.07) is 14.1. The molecule has 0 radical (unpaired) electrons. The Morgan fingerprint density at radius 3 is 2.42 bits per heavy atom. The molecule has 2 amide bonds. The van der Waals surface area contributed by atoms with Crippen molar-refractivity contribution >= 4 is 22.8 Å². The summed E-state index contributed by atoms with van der Waals surface area (Å²) in [5, 5.41) is 0.377. The Kier molecular flexibility index (Phi) is 4.98. The van der Waals surface area contributed by atoms with Crippen LogP contribution in [-0.4, -0.2) is 18.4 Å². The number of carbonyl (C=O) groups excluding carboxylic acids is 2. The van der Waals surface area contributed by atoms with Gasteiger partial charge in [-0.2, -0.15) is 0 Å². The number of fused-ring (bicyclic) bond motifs is 1. The molecule has 1 heterocycles. The standard InChI is InChI=1S/C19H16N2O5/c1-2-25-13-9-7-12(8-10-13)18(23)20-21-19(24)17-11-15(22)14-5-3-4-6-16(14)26-17/h3-11H,2H2,1H3,(H,20,23)(H,21,24). The molecule has 0 aliphatic rings. The second kappa shape index (κ2) is 7.52. The number of hydrogen-bond acceptors (Lipinski definition) is 5. The molecule has 2 aromatic carbocycles. The van der Waals surface area contributed by atoms with E-state index in [2.05, 4.69) is 10.9 Å². The second-order valence-electron chi connectivity index (χ2n) is 5.34. The summed E-state index contributed by atoms with van der Waals surface area (Å²) in [5.41, 5.74) is 4.80. The molecule has 1 aromatic heterocycles. The summed E-state index contributed by atoms with van der Waals surface area (Å²) >= 11 is 0. The molecule has 3 rings (SSSR count). The van der Waals surface area contributed by atoms with Crippen LogP contribution in [0.2, 0.25) is 0 Å². The molecular formula is C19H16N2O5. The number of nitrogens with one attached hydrogen (secondary N) is 2. The van der Waals surface area contributed by atoms with Crippen LogP contribution in [0.1, 0.15) is 27.8 Å². The van der Waals surface area contributed by atoms with Crippen molar-refractivity contribution in [3.8, 4) is 5.75 Å². The van der Waals surface area contributed by atoms with Gasteiger partial charge in [0.1, 0.15) is 11.3 Å². The van der Waals surface area contributed by atoms with Crippen LogP contribution in [0.4, 0.5) is 0 Å². The predicted octanol–water partition coefficient (Wildman–Crippen LogP) is 2.27. The van der Waals surface area contributed by atoms with Crippen LogP contribution in [0.3, 0.4) is 0 Å². The maximum Gasteiger partial charge on any atom is 0.305 e. The van der Waals surface area contributed by atoms with Crippen LogP contribution in [-0.2, 0) is 0 Å². The quantitative estimate of drug-likeness (QED) is 0.702. The molecule has 0 unspecified atom stereocenters. The summed E-state index contributed by atoms with van der Waals surface area (Å²) in [7, 11) is 0. The monoisotopic (exact) mass is 352 g/mol. The van der Waals surface area contributed by atoms with E-state index >= 15 is 0 Å². The van der Waals surface area contributed by atoms with Crippen molar-refractivity contribution in [2.24, 2.45) is 0 Å². The van der Waals surface area contributed by atoms with Gasteiger partial charge < -0.3 is 9.15 Å². The van der Waals surface area contributed by atoms with E-state index in [1.807, 2.05) is 6.92 Å². The number of hydrogen-bond donors (Lipinski definition) is 2. The Morgan fingerprint density at radius 1 is 1.00 bits per heavy atom. The van der Waals surface area contributed by atoms with Crippen molar-refractivity contribution < 1.29 is 18.7 Å². The minimum atomic E-state index is -0.730. The first-order valence-corrected chi connectivity index (χ1v) is 7.95. The van der Waals surface area contributed by atoms with Crippen molar-refractivity contribution in [2.45, 2.75) is 6.92 Å². The summed E-state index contributed by atoms with van der Waals surface area (Å²) < 4.78 is 10.7. The Morgan fingerprint density at radius 2 is 1.69 bits per heavy atom. The van der Waals surface area contributed by atoms with E-state index in [1.54, 1.807) is 48.5 Å². The zero-order chi connectivity index (χ0) is 18.5. The maximum absolute atomic E-state index is 12.1. The van der Waals surface area contributed by atoms with Crippen molar-refractivity contribution in [3.63, 3.8) is 0 Å². The number of carbonyl (C=O) groups is 2. The molecule has 2 N–H and O–H groups in total. The third-order valence-corrected chi connectivity index (χ3v) is 3.58. The lowest BCUT2D eigenvalue weighted by Crippen LogP contribution is -2.41. The lowest BCUT2D eigenvalue weighted by molar-refractivity contribution is 0.0831. The normalized spacial score (nSPS) is 10.3. The molecule has 0 aliphatic heterocycles. The van der Waals surface area contributed by atoms with Gasteiger partial charge >= 0.3 is 5.91 Å². The largest absolute Gasteiger partial charge is 0.494 e. The average Bonchev–Trinajstić information content (AvgIpc) is 2.66. The molecule has 26 heavy (non-hydrogen) atoms. The highest BCUT2D eigenvalue weighted by atomic mass is 16.5. The van der Waals surface area contributed by atoms with Crippen molar-refractivity contribution in [3.05, 3.63) is 76.1 Å². The van der Waals surface area contributed by atoms with E-state index in [4.69, 9.17) is 9.15 Å². The highest BCUT2D eigenvalue weighted by Gasteiger charge is 2.13. The van der Waals surface area contributed by atoms with Crippen LogP contribution >= 0.6 is 0 Å². The molecule has 0 spiro atoms. The van der Waals surface area contributed by atoms with Crippen molar-refractivity contribution in [1.29, 1.82) is 0 Å². The smallest absolute Gasteiger partial charge is 0.305 e. The highest BCUT2D eigenvalue weighted by molar-refractivity contribution is 5.98. The number of para-hydroxylation sites is 1. The Balaban J connectivity index is 1.68. The van der Waals surface area contributed by atoms with Gasteiger partial charge in [-0.05, 0) is 43.3 Å². The van der Waals surface area contributed by atoms with E-state index in [0.717, 1.165) is 6.07 Å². The Hall–Kier alpha value is -3.61. The molecule has 0 saturated heterocycles. The summed E-state index contributed by atoms with van der Waals surface area (Å²) in [6.45, 7) is 2.39. The van der Waals surface area contributed by atoms with E-state index in [0.29, 0.717) is 28.9 Å². The third kappa shape index (κ3) is 3.72. The molecular weight excluding hydrogens is 336 g/mol. The van der Waals surface area contributed by atoms with Crippen molar-refractivity contribution in [1.82, 2.24) is 10.9 Å². The minimum Gasteiger partial charge on any atom is -0.494 e. The molecule has 3 aromatic rings. The van der Waals surface area contributed by atoms with E-state index in [-0.39, 0.29) is 11.2 Å². The van der Waals surface area contributed by atoms with Gasteiger partial charge in [0.25, 0.3) is 5.91 Å². The number of ether oxygens (including phenoxy) is 1. The van der Waals surface area contributed by atoms with Gasteiger partial charge in [0, 0.05) is 11.6 Å². The molecule has 0 saturated carbocycles. The molecule has 132 valence electrons. The van der Waals surface area contributed by atoms with Gasteiger partial charge in [-0.3, -0.25) is 25.2 Å². The fraction of sp³-hybridized carbons (Fsp3) is 0.105. The van der Waals surface area contributed by atoms with Gasteiger partial charge in [-0.1, -0.05) is 12.1 Å². The van der Waals surface area contributed by atoms with Crippen LogP contribution in [0, 0.1) is 0 Å². The number of rotatable bonds is 4. The number of hydrazine groups is 1. The topological polar surface area (TPSA) is 97.6 Å². The third-order valence-electron chi connectivity index (χ3n) is 3.58. The van der Waals surface area contributed by atoms with Gasteiger partial charge in [0.15, 0.2) is 11.2 Å². The molecule has 0 atom stereocenters. The summed E-state index contributed by atoms with van der Waals surface area (Å²) in [4.78, 5) is 36.2. The fourth-order valence-electron chi connectivity index (χ4n) is 2.33. The number of benzene rings is 2. The molecule has 0 fully saturated rings. The Bertz CT molecular complexity index is 1010. The number of amides is 2. The zero-order valence-corrected chi connectivity index (χ0v) is 13.9. The fourth-order valence-corrected chi connectivity index (χ4v) is 2.33. The van der Waals surface area contributed by atoms with Crippen molar-refractivity contribution in [2.75, 3.05) is 6.61 Å². The van der Waals surface area contributed by atoms with Crippen LogP contribution < -0.4 is 21.0 Å². The van der Waals surface area contributed by atoms with Gasteiger partial charge in [-0.25, -0.2) is 0 Å². The molecule has 0 bridgehead atoms. The predicted molar refractivity (Wildman–Crippen MR) is 95.0 cm³/mol. The van der Waals surface area contributed by atoms with Crippen LogP contribution in [0.5, 0.6) is 5.75 Å². The summed E-state index contributed by atoms with van der Waals surface area (Å²) in [5.74, 6) is -0.789. The lowest BCUT2D eigenvalue weighted by Gasteiger charge is -2.08. The minimum absolute atomic E-state index is 0.194. The van der Waals surface area contributed by atoms with E-state index < -0.39 is 11.8 Å².